The molecule has 0 atom stereocenters. The van der Waals surface area contributed by atoms with Gasteiger partial charge in [0.15, 0.2) is 22.7 Å². The minimum absolute atomic E-state index is 0.0664. The van der Waals surface area contributed by atoms with Crippen LogP contribution in [-0.4, -0.2) is 36.2 Å². The Bertz CT molecular complexity index is 1940. The molecule has 0 saturated carbocycles. The van der Waals surface area contributed by atoms with Crippen LogP contribution in [-0.2, 0) is 19.3 Å². The van der Waals surface area contributed by atoms with Gasteiger partial charge in [-0.1, -0.05) is 36.4 Å². The lowest BCUT2D eigenvalue weighted by Crippen LogP contribution is -2.25. The summed E-state index contributed by atoms with van der Waals surface area (Å²) in [6, 6.07) is 18.1. The van der Waals surface area contributed by atoms with Gasteiger partial charge < -0.3 is 15.1 Å². The number of anilines is 1. The molecule has 0 spiro atoms. The van der Waals surface area contributed by atoms with Crippen molar-refractivity contribution >= 4 is 33.9 Å². The van der Waals surface area contributed by atoms with Gasteiger partial charge in [-0.25, -0.2) is 9.50 Å². The van der Waals surface area contributed by atoms with Crippen LogP contribution >= 0.6 is 0 Å². The topological polar surface area (TPSA) is 119 Å². The van der Waals surface area contributed by atoms with Crippen molar-refractivity contribution in [3.63, 3.8) is 0 Å². The third kappa shape index (κ3) is 5.19. The average Bonchev–Trinajstić information content (AvgIpc) is 3.74. The van der Waals surface area contributed by atoms with Crippen LogP contribution in [0.5, 0.6) is 0 Å². The first-order valence-corrected chi connectivity index (χ1v) is 12.9. The summed E-state index contributed by atoms with van der Waals surface area (Å²) in [5.74, 6) is -0.897. The van der Waals surface area contributed by atoms with Gasteiger partial charge in [0, 0.05) is 24.4 Å². The maximum absolute atomic E-state index is 14.1. The van der Waals surface area contributed by atoms with E-state index in [1.807, 2.05) is 24.3 Å². The van der Waals surface area contributed by atoms with Crippen molar-refractivity contribution in [2.75, 3.05) is 5.32 Å². The molecule has 0 aliphatic carbocycles. The summed E-state index contributed by atoms with van der Waals surface area (Å²) in [5.41, 5.74) is -1.04. The smallest absolute Gasteiger partial charge is 0.433 e. The number of aromatic nitrogens is 5. The molecule has 2 aromatic carbocycles. The highest BCUT2D eigenvalue weighted by molar-refractivity contribution is 6.07. The Morgan fingerprint density at radius 1 is 0.952 bits per heavy atom. The molecule has 2 amide bonds. The molecule has 212 valence electrons. The van der Waals surface area contributed by atoms with Gasteiger partial charge in [0.05, 0.1) is 24.2 Å². The average molecular weight is 574 g/mol. The molecule has 4 aromatic heterocycles. The highest BCUT2D eigenvalue weighted by Crippen LogP contribution is 2.33. The van der Waals surface area contributed by atoms with Crippen LogP contribution in [0.4, 0.5) is 18.9 Å². The van der Waals surface area contributed by atoms with Crippen molar-refractivity contribution in [2.24, 2.45) is 0 Å². The van der Waals surface area contributed by atoms with Gasteiger partial charge >= 0.3 is 6.18 Å². The zero-order valence-corrected chi connectivity index (χ0v) is 22.0. The monoisotopic (exact) mass is 573 g/mol. The Labute approximate surface area is 235 Å². The number of aryl methyl sites for hydroxylation is 1. The summed E-state index contributed by atoms with van der Waals surface area (Å²) in [4.78, 5) is 30.4. The van der Waals surface area contributed by atoms with Crippen LogP contribution in [0, 0.1) is 0 Å². The maximum atomic E-state index is 14.1. The number of halogens is 3. The van der Waals surface area contributed by atoms with Gasteiger partial charge in [-0.15, -0.1) is 0 Å². The second kappa shape index (κ2) is 10.5. The first-order valence-electron chi connectivity index (χ1n) is 12.9. The molecule has 0 saturated heterocycles. The van der Waals surface area contributed by atoms with Crippen molar-refractivity contribution in [1.29, 1.82) is 0 Å². The maximum Gasteiger partial charge on any atom is 0.433 e. The van der Waals surface area contributed by atoms with E-state index in [9.17, 15) is 22.8 Å². The number of hydrogen-bond acceptors (Lipinski definition) is 6. The van der Waals surface area contributed by atoms with Crippen LogP contribution in [0.2, 0.25) is 0 Å². The molecule has 13 heteroatoms. The molecule has 2 N–H and O–H groups in total. The fraction of sp³-hybridized carbons (Fsp3) is 0.138. The Balaban J connectivity index is 1.33. The Kier molecular flexibility index (Phi) is 6.69. The van der Waals surface area contributed by atoms with E-state index in [-0.39, 0.29) is 35.0 Å². The van der Waals surface area contributed by atoms with Crippen molar-refractivity contribution in [2.45, 2.75) is 26.2 Å². The van der Waals surface area contributed by atoms with Gasteiger partial charge in [0.2, 0.25) is 0 Å². The van der Waals surface area contributed by atoms with Gasteiger partial charge in [-0.2, -0.15) is 23.4 Å². The summed E-state index contributed by atoms with van der Waals surface area (Å²) in [6.45, 7) is 2.29. The second-order valence-corrected chi connectivity index (χ2v) is 9.35. The number of fused-ring (bicyclic) bond motifs is 2. The van der Waals surface area contributed by atoms with Crippen LogP contribution < -0.4 is 10.6 Å². The normalized spacial score (nSPS) is 11.7. The van der Waals surface area contributed by atoms with Crippen molar-refractivity contribution in [1.82, 2.24) is 29.7 Å². The molecule has 0 aliphatic heterocycles. The largest absolute Gasteiger partial charge is 0.467 e. The van der Waals surface area contributed by atoms with E-state index < -0.39 is 23.7 Å². The minimum Gasteiger partial charge on any atom is -0.467 e. The molecule has 6 rings (SSSR count). The zero-order valence-electron chi connectivity index (χ0n) is 22.0. The highest BCUT2D eigenvalue weighted by atomic mass is 19.4. The number of furan rings is 1. The van der Waals surface area contributed by atoms with E-state index in [0.29, 0.717) is 22.4 Å². The first kappa shape index (κ1) is 26.7. The number of nitrogens with zero attached hydrogens (tertiary/aromatic N) is 5. The quantitative estimate of drug-likeness (QED) is 0.258. The van der Waals surface area contributed by atoms with Crippen molar-refractivity contribution in [3.8, 4) is 11.3 Å². The minimum atomic E-state index is -4.78. The summed E-state index contributed by atoms with van der Waals surface area (Å²) in [7, 11) is 0. The van der Waals surface area contributed by atoms with E-state index in [1.165, 1.54) is 17.1 Å². The highest BCUT2D eigenvalue weighted by Gasteiger charge is 2.36. The molecule has 0 aliphatic rings. The SMILES string of the molecule is CCn1cc(NC(=O)c2cc3nc(-c4ccc5ccccc5c4)cc(C(F)(F)F)n3n2)c(C(=O)NCc2ccco2)n1. The van der Waals surface area contributed by atoms with E-state index in [2.05, 4.69) is 25.8 Å². The van der Waals surface area contributed by atoms with Crippen molar-refractivity contribution < 1.29 is 27.2 Å². The fourth-order valence-corrected chi connectivity index (χ4v) is 4.48. The van der Waals surface area contributed by atoms with Gasteiger partial charge in [0.1, 0.15) is 5.76 Å². The Hall–Kier alpha value is -5.46. The molecule has 0 fully saturated rings. The first-order chi connectivity index (χ1) is 20.2. The number of benzene rings is 2. The molecule has 0 radical (unpaired) electrons. The lowest BCUT2D eigenvalue weighted by atomic mass is 10.0. The number of carbonyl (C=O) groups is 2. The number of amides is 2. The predicted octanol–water partition coefficient (Wildman–Crippen LogP) is 5.56. The van der Waals surface area contributed by atoms with Gasteiger partial charge in [0.25, 0.3) is 11.8 Å². The Morgan fingerprint density at radius 2 is 1.76 bits per heavy atom. The standard InChI is InChI=1S/C29H22F3N7O3/c1-2-38-16-23(26(37-38)28(41)33-15-20-8-5-11-42-20)35-27(40)22-14-25-34-21(13-24(29(30,31)32)39(25)36-22)19-10-9-17-6-3-4-7-18(17)12-19/h3-14,16H,2,15H2,1H3,(H,33,41)(H,35,40). The molecule has 4 heterocycles. The van der Waals surface area contributed by atoms with Gasteiger partial charge in [-0.3, -0.25) is 14.3 Å². The Morgan fingerprint density at radius 3 is 2.50 bits per heavy atom. The lowest BCUT2D eigenvalue weighted by Gasteiger charge is -2.11. The molecule has 42 heavy (non-hydrogen) atoms. The van der Waals surface area contributed by atoms with E-state index in [0.717, 1.165) is 22.9 Å². The number of hydrogen-bond donors (Lipinski definition) is 2. The third-order valence-electron chi connectivity index (χ3n) is 6.55. The third-order valence-corrected chi connectivity index (χ3v) is 6.55. The number of nitrogens with one attached hydrogen (secondary N) is 2. The number of alkyl halides is 3. The lowest BCUT2D eigenvalue weighted by molar-refractivity contribution is -0.142. The van der Waals surface area contributed by atoms with Crippen LogP contribution in [0.15, 0.2) is 83.6 Å². The van der Waals surface area contributed by atoms with Crippen LogP contribution in [0.25, 0.3) is 27.7 Å². The zero-order chi connectivity index (χ0) is 29.4. The number of carbonyl (C=O) groups excluding carboxylic acids is 2. The van der Waals surface area contributed by atoms with Gasteiger partial charge in [-0.05, 0) is 42.0 Å². The van der Waals surface area contributed by atoms with Crippen LogP contribution in [0.1, 0.15) is 39.4 Å². The summed E-state index contributed by atoms with van der Waals surface area (Å²) < 4.78 is 49.6. The molecular formula is C29H22F3N7O3. The van der Waals surface area contributed by atoms with E-state index in [4.69, 9.17) is 4.42 Å². The summed E-state index contributed by atoms with van der Waals surface area (Å²) >= 11 is 0. The molecule has 10 nitrogen and oxygen atoms in total. The summed E-state index contributed by atoms with van der Waals surface area (Å²) in [5, 5.41) is 15.1. The van der Waals surface area contributed by atoms with Crippen molar-refractivity contribution in [3.05, 3.63) is 102 Å². The van der Waals surface area contributed by atoms with Crippen LogP contribution in [0.3, 0.4) is 0 Å². The second-order valence-electron chi connectivity index (χ2n) is 9.35. The molecule has 0 bridgehead atoms. The van der Waals surface area contributed by atoms with E-state index >= 15 is 0 Å². The molecule has 6 aromatic rings. The predicted molar refractivity (Wildman–Crippen MR) is 147 cm³/mol. The fourth-order valence-electron chi connectivity index (χ4n) is 4.48. The molecule has 0 unspecified atom stereocenters. The summed E-state index contributed by atoms with van der Waals surface area (Å²) in [6.07, 6.45) is -1.86. The van der Waals surface area contributed by atoms with E-state index in [1.54, 1.807) is 37.3 Å². The number of rotatable bonds is 7. The molecular weight excluding hydrogens is 551 g/mol.